The van der Waals surface area contributed by atoms with Crippen molar-refractivity contribution < 1.29 is 0 Å². The molecule has 0 saturated carbocycles. The smallest absolute Gasteiger partial charge is 0.0392 e. The Morgan fingerprint density at radius 1 is 1.19 bits per heavy atom. The average molecular weight is 231 g/mol. The second-order valence-corrected chi connectivity index (χ2v) is 5.13. The summed E-state index contributed by atoms with van der Waals surface area (Å²) in [6.45, 7) is 2.11. The molecule has 1 unspecified atom stereocenters. The standard InChI is InChI=1S/C14H17NS/c1-11-4-6-12(7-5-11)8-9-13(15)14-3-2-10-16-14/h2-7,10,13H,8-9,15H2,1H3. The van der Waals surface area contributed by atoms with Gasteiger partial charge in [0.15, 0.2) is 0 Å². The van der Waals surface area contributed by atoms with Gasteiger partial charge in [-0.05, 0) is 36.8 Å². The molecule has 1 nitrogen and oxygen atoms in total. The lowest BCUT2D eigenvalue weighted by atomic mass is 10.0. The van der Waals surface area contributed by atoms with Gasteiger partial charge in [-0.25, -0.2) is 0 Å². The van der Waals surface area contributed by atoms with Crippen molar-refractivity contribution in [3.8, 4) is 0 Å². The molecule has 0 aliphatic heterocycles. The van der Waals surface area contributed by atoms with Crippen LogP contribution in [0, 0.1) is 6.92 Å². The first-order valence-corrected chi connectivity index (χ1v) is 6.48. The maximum absolute atomic E-state index is 6.13. The van der Waals surface area contributed by atoms with E-state index in [1.54, 1.807) is 11.3 Å². The van der Waals surface area contributed by atoms with Gasteiger partial charge in [0.25, 0.3) is 0 Å². The summed E-state index contributed by atoms with van der Waals surface area (Å²) in [5, 5.41) is 2.08. The Balaban J connectivity index is 1.90. The van der Waals surface area contributed by atoms with Crippen LogP contribution in [-0.4, -0.2) is 0 Å². The van der Waals surface area contributed by atoms with Crippen LogP contribution >= 0.6 is 11.3 Å². The van der Waals surface area contributed by atoms with Crippen LogP contribution in [0.3, 0.4) is 0 Å². The number of hydrogen-bond donors (Lipinski definition) is 1. The summed E-state index contributed by atoms with van der Waals surface area (Å²) < 4.78 is 0. The molecule has 1 atom stereocenters. The van der Waals surface area contributed by atoms with Gasteiger partial charge in [0.05, 0.1) is 0 Å². The summed E-state index contributed by atoms with van der Waals surface area (Å²) in [6, 6.07) is 13.1. The summed E-state index contributed by atoms with van der Waals surface area (Å²) in [4.78, 5) is 1.28. The highest BCUT2D eigenvalue weighted by Gasteiger charge is 2.06. The van der Waals surface area contributed by atoms with Gasteiger partial charge in [-0.3, -0.25) is 0 Å². The number of hydrogen-bond acceptors (Lipinski definition) is 2. The van der Waals surface area contributed by atoms with E-state index in [-0.39, 0.29) is 6.04 Å². The molecule has 2 aromatic rings. The van der Waals surface area contributed by atoms with E-state index in [0.29, 0.717) is 0 Å². The molecule has 2 rings (SSSR count). The molecular formula is C14H17NS. The van der Waals surface area contributed by atoms with Crippen molar-refractivity contribution >= 4 is 11.3 Å². The monoisotopic (exact) mass is 231 g/mol. The molecule has 0 bridgehead atoms. The molecule has 1 heterocycles. The maximum atomic E-state index is 6.13. The van der Waals surface area contributed by atoms with Crippen molar-refractivity contribution in [2.24, 2.45) is 5.73 Å². The second kappa shape index (κ2) is 5.28. The Morgan fingerprint density at radius 2 is 1.94 bits per heavy atom. The summed E-state index contributed by atoms with van der Waals surface area (Å²) in [6.07, 6.45) is 2.07. The average Bonchev–Trinajstić information content (AvgIpc) is 2.81. The van der Waals surface area contributed by atoms with Gasteiger partial charge in [-0.1, -0.05) is 35.9 Å². The molecule has 16 heavy (non-hydrogen) atoms. The maximum Gasteiger partial charge on any atom is 0.0392 e. The number of nitrogens with two attached hydrogens (primary N) is 1. The van der Waals surface area contributed by atoms with E-state index in [2.05, 4.69) is 48.7 Å². The van der Waals surface area contributed by atoms with E-state index in [0.717, 1.165) is 12.8 Å². The van der Waals surface area contributed by atoms with Gasteiger partial charge >= 0.3 is 0 Å². The van der Waals surface area contributed by atoms with E-state index in [9.17, 15) is 0 Å². The van der Waals surface area contributed by atoms with Gasteiger partial charge in [0, 0.05) is 10.9 Å². The highest BCUT2D eigenvalue weighted by molar-refractivity contribution is 7.10. The van der Waals surface area contributed by atoms with Crippen molar-refractivity contribution in [1.82, 2.24) is 0 Å². The molecule has 2 heteroatoms. The van der Waals surface area contributed by atoms with Gasteiger partial charge in [0.2, 0.25) is 0 Å². The Hall–Kier alpha value is -1.12. The van der Waals surface area contributed by atoms with Crippen molar-refractivity contribution in [3.05, 3.63) is 57.8 Å². The molecule has 84 valence electrons. The number of thiophene rings is 1. The zero-order valence-electron chi connectivity index (χ0n) is 9.52. The predicted octanol–water partition coefficient (Wildman–Crippen LogP) is 3.69. The third kappa shape index (κ3) is 2.94. The Kier molecular flexibility index (Phi) is 3.75. The second-order valence-electron chi connectivity index (χ2n) is 4.15. The molecule has 0 spiro atoms. The predicted molar refractivity (Wildman–Crippen MR) is 70.7 cm³/mol. The molecule has 0 fully saturated rings. The van der Waals surface area contributed by atoms with Gasteiger partial charge in [0.1, 0.15) is 0 Å². The Morgan fingerprint density at radius 3 is 2.56 bits per heavy atom. The van der Waals surface area contributed by atoms with Crippen molar-refractivity contribution in [3.63, 3.8) is 0 Å². The van der Waals surface area contributed by atoms with Crippen LogP contribution in [0.1, 0.15) is 28.5 Å². The lowest BCUT2D eigenvalue weighted by Gasteiger charge is -2.09. The highest BCUT2D eigenvalue weighted by atomic mass is 32.1. The molecule has 0 saturated heterocycles. The lowest BCUT2D eigenvalue weighted by molar-refractivity contribution is 0.662. The van der Waals surface area contributed by atoms with Crippen LogP contribution in [0.5, 0.6) is 0 Å². The van der Waals surface area contributed by atoms with E-state index < -0.39 is 0 Å². The van der Waals surface area contributed by atoms with Crippen LogP contribution in [-0.2, 0) is 6.42 Å². The molecule has 0 amide bonds. The fraction of sp³-hybridized carbons (Fsp3) is 0.286. The SMILES string of the molecule is Cc1ccc(CCC(N)c2cccs2)cc1. The Labute approximate surface area is 101 Å². The minimum Gasteiger partial charge on any atom is -0.323 e. The number of benzene rings is 1. The van der Waals surface area contributed by atoms with E-state index >= 15 is 0 Å². The van der Waals surface area contributed by atoms with Gasteiger partial charge in [-0.2, -0.15) is 0 Å². The van der Waals surface area contributed by atoms with Crippen molar-refractivity contribution in [2.45, 2.75) is 25.8 Å². The summed E-state index contributed by atoms with van der Waals surface area (Å²) in [5.41, 5.74) is 8.81. The Bertz CT molecular complexity index is 417. The van der Waals surface area contributed by atoms with Gasteiger partial charge in [-0.15, -0.1) is 11.3 Å². The van der Waals surface area contributed by atoms with Crippen molar-refractivity contribution in [1.29, 1.82) is 0 Å². The largest absolute Gasteiger partial charge is 0.323 e. The molecular weight excluding hydrogens is 214 g/mol. The molecule has 1 aromatic heterocycles. The van der Waals surface area contributed by atoms with Crippen LogP contribution in [0.2, 0.25) is 0 Å². The van der Waals surface area contributed by atoms with Gasteiger partial charge < -0.3 is 5.73 Å². The topological polar surface area (TPSA) is 26.0 Å². The molecule has 0 radical (unpaired) electrons. The van der Waals surface area contributed by atoms with Crippen molar-refractivity contribution in [2.75, 3.05) is 0 Å². The van der Waals surface area contributed by atoms with E-state index in [1.165, 1.54) is 16.0 Å². The fourth-order valence-corrected chi connectivity index (χ4v) is 2.49. The third-order valence-electron chi connectivity index (χ3n) is 2.77. The first-order chi connectivity index (χ1) is 7.75. The van der Waals surface area contributed by atoms with Crippen LogP contribution in [0.15, 0.2) is 41.8 Å². The first-order valence-electron chi connectivity index (χ1n) is 5.60. The van der Waals surface area contributed by atoms with E-state index in [4.69, 9.17) is 5.73 Å². The molecule has 1 aromatic carbocycles. The quantitative estimate of drug-likeness (QED) is 0.853. The normalized spacial score (nSPS) is 12.6. The summed E-state index contributed by atoms with van der Waals surface area (Å²) in [5.74, 6) is 0. The minimum absolute atomic E-state index is 0.182. The molecule has 2 N–H and O–H groups in total. The zero-order valence-corrected chi connectivity index (χ0v) is 10.3. The third-order valence-corrected chi connectivity index (χ3v) is 3.78. The van der Waals surface area contributed by atoms with Crippen LogP contribution in [0.4, 0.5) is 0 Å². The lowest BCUT2D eigenvalue weighted by Crippen LogP contribution is -2.09. The minimum atomic E-state index is 0.182. The van der Waals surface area contributed by atoms with E-state index in [1.807, 2.05) is 0 Å². The summed E-state index contributed by atoms with van der Waals surface area (Å²) in [7, 11) is 0. The van der Waals surface area contributed by atoms with Crippen LogP contribution in [0.25, 0.3) is 0 Å². The number of aryl methyl sites for hydroxylation is 2. The molecule has 0 aliphatic carbocycles. The van der Waals surface area contributed by atoms with Crippen LogP contribution < -0.4 is 5.73 Å². The molecule has 0 aliphatic rings. The highest BCUT2D eigenvalue weighted by Crippen LogP contribution is 2.21. The fourth-order valence-electron chi connectivity index (χ4n) is 1.72. The number of rotatable bonds is 4. The zero-order chi connectivity index (χ0) is 11.4. The first kappa shape index (κ1) is 11.4. The summed E-state index contributed by atoms with van der Waals surface area (Å²) >= 11 is 1.74.